The summed E-state index contributed by atoms with van der Waals surface area (Å²) in [6, 6.07) is 0. The lowest BCUT2D eigenvalue weighted by atomic mass is 10.0. The lowest BCUT2D eigenvalue weighted by Crippen LogP contribution is -2.28. The van der Waals surface area contributed by atoms with Crippen LogP contribution in [0, 0.1) is 0 Å². The molecule has 2 atom stereocenters. The Labute approximate surface area is 341 Å². The molecule has 2 unspecified atom stereocenters. The van der Waals surface area contributed by atoms with Crippen LogP contribution in [-0.2, 0) is 27.9 Å². The zero-order valence-electron chi connectivity index (χ0n) is 36.4. The molecular weight excluding hydrogens is 709 g/mol. The molecule has 0 aliphatic rings. The van der Waals surface area contributed by atoms with Gasteiger partial charge in [-0.3, -0.25) is 13.8 Å². The van der Waals surface area contributed by atoms with Crippen LogP contribution in [0.2, 0.25) is 0 Å². The smallest absolute Gasteiger partial charge is 0.457 e. The van der Waals surface area contributed by atoms with Gasteiger partial charge >= 0.3 is 13.8 Å². The second kappa shape index (κ2) is 44.3. The van der Waals surface area contributed by atoms with Gasteiger partial charge in [0.1, 0.15) is 6.10 Å². The number of esters is 1. The molecule has 0 heterocycles. The van der Waals surface area contributed by atoms with Crippen molar-refractivity contribution in [3.63, 3.8) is 0 Å². The Morgan fingerprint density at radius 2 is 0.909 bits per heavy atom. The molecule has 0 bridgehead atoms. The number of unbranched alkanes of at least 4 members (excludes halogenated alkanes) is 31. The van der Waals surface area contributed by atoms with Crippen molar-refractivity contribution in [1.82, 2.24) is 0 Å². The van der Waals surface area contributed by atoms with Gasteiger partial charge in [0.15, 0.2) is 0 Å². The van der Waals surface area contributed by atoms with Gasteiger partial charge in [0, 0.05) is 19.6 Å². The van der Waals surface area contributed by atoms with Crippen LogP contribution in [0.1, 0.15) is 239 Å². The minimum absolute atomic E-state index is 0.0922. The molecule has 55 heavy (non-hydrogen) atoms. The molecule has 0 fully saturated rings. The predicted molar refractivity (Wildman–Crippen MR) is 234 cm³/mol. The molecule has 9 heteroatoms. The average Bonchev–Trinajstić information content (AvgIpc) is 3.17. The molecule has 0 saturated carbocycles. The maximum atomic E-state index is 12.6. The molecule has 0 amide bonds. The van der Waals surface area contributed by atoms with Gasteiger partial charge in [-0.1, -0.05) is 206 Å². The van der Waals surface area contributed by atoms with Crippen LogP contribution in [0.4, 0.5) is 0 Å². The molecule has 8 nitrogen and oxygen atoms in total. The van der Waals surface area contributed by atoms with Gasteiger partial charge in [-0.15, -0.1) is 0 Å². The van der Waals surface area contributed by atoms with E-state index in [1.807, 2.05) is 0 Å². The quantitative estimate of drug-likeness (QED) is 0.0270. The molecule has 0 aromatic carbocycles. The predicted octanol–water partition coefficient (Wildman–Crippen LogP) is 14.3. The number of hydrogen-bond acceptors (Lipinski definition) is 7. The van der Waals surface area contributed by atoms with Gasteiger partial charge in [0.2, 0.25) is 0 Å². The highest BCUT2D eigenvalue weighted by Gasteiger charge is 2.25. The van der Waals surface area contributed by atoms with E-state index in [0.29, 0.717) is 13.0 Å². The van der Waals surface area contributed by atoms with E-state index < -0.39 is 13.9 Å². The van der Waals surface area contributed by atoms with Crippen LogP contribution in [-0.4, -0.2) is 49.9 Å². The fraction of sp³-hybridized carbons (Fsp3) is 0.935. The lowest BCUT2D eigenvalue weighted by Gasteiger charge is -2.20. The maximum absolute atomic E-state index is 12.6. The molecular formula is C46H92NO7P. The zero-order valence-corrected chi connectivity index (χ0v) is 37.3. The van der Waals surface area contributed by atoms with Crippen molar-refractivity contribution in [2.24, 2.45) is 5.73 Å². The first-order valence-electron chi connectivity index (χ1n) is 23.7. The summed E-state index contributed by atoms with van der Waals surface area (Å²) in [7, 11) is -4.27. The van der Waals surface area contributed by atoms with Gasteiger partial charge in [-0.05, 0) is 38.5 Å². The Hall–Kier alpha value is -0.760. The normalized spacial score (nSPS) is 13.5. The third-order valence-electron chi connectivity index (χ3n) is 10.4. The number of allylic oxidation sites excluding steroid dienone is 2. The topological polar surface area (TPSA) is 117 Å². The van der Waals surface area contributed by atoms with Crippen LogP contribution in [0.15, 0.2) is 12.2 Å². The van der Waals surface area contributed by atoms with E-state index in [4.69, 9.17) is 24.3 Å². The van der Waals surface area contributed by atoms with Crippen molar-refractivity contribution in [2.75, 3.05) is 33.0 Å². The van der Waals surface area contributed by atoms with E-state index in [0.717, 1.165) is 32.1 Å². The highest BCUT2D eigenvalue weighted by Crippen LogP contribution is 2.43. The van der Waals surface area contributed by atoms with Crippen molar-refractivity contribution in [3.8, 4) is 0 Å². The van der Waals surface area contributed by atoms with Crippen LogP contribution in [0.3, 0.4) is 0 Å². The molecule has 328 valence electrons. The minimum atomic E-state index is -4.27. The van der Waals surface area contributed by atoms with Crippen LogP contribution < -0.4 is 5.73 Å². The summed E-state index contributed by atoms with van der Waals surface area (Å²) in [5, 5.41) is 0. The fourth-order valence-corrected chi connectivity index (χ4v) is 7.70. The summed E-state index contributed by atoms with van der Waals surface area (Å²) in [4.78, 5) is 22.5. The molecule has 0 spiro atoms. The number of hydrogen-bond donors (Lipinski definition) is 2. The summed E-state index contributed by atoms with van der Waals surface area (Å²) >= 11 is 0. The first-order chi connectivity index (χ1) is 26.9. The molecule has 0 rings (SSSR count). The Balaban J connectivity index is 3.95. The number of ether oxygens (including phenoxy) is 2. The van der Waals surface area contributed by atoms with Crippen molar-refractivity contribution < 1.29 is 32.8 Å². The van der Waals surface area contributed by atoms with Crippen molar-refractivity contribution in [2.45, 2.75) is 245 Å². The summed E-state index contributed by atoms with van der Waals surface area (Å²) in [5.41, 5.74) is 5.38. The average molecular weight is 802 g/mol. The Bertz CT molecular complexity index is 858. The third-order valence-corrected chi connectivity index (χ3v) is 11.4. The van der Waals surface area contributed by atoms with Crippen molar-refractivity contribution >= 4 is 13.8 Å². The molecule has 0 radical (unpaired) electrons. The van der Waals surface area contributed by atoms with Crippen LogP contribution in [0.25, 0.3) is 0 Å². The summed E-state index contributed by atoms with van der Waals surface area (Å²) in [5.74, 6) is -0.327. The molecule has 0 aliphatic heterocycles. The van der Waals surface area contributed by atoms with Gasteiger partial charge < -0.3 is 20.1 Å². The number of phosphoric acid groups is 1. The number of carbonyl (C=O) groups excluding carboxylic acids is 1. The standard InChI is InChI=1S/C46H92NO7P/c1-3-5-7-9-11-13-15-17-19-21-22-23-25-27-29-31-33-35-37-39-46(48)54-45(44-53-55(49,50)52-42-40-47)43-51-41-38-36-34-32-30-28-26-24-20-18-16-14-12-10-8-6-4-2/h17,19,45H,3-16,18,20-44,47H2,1-2H3,(H,49,50)/b19-17-. The third kappa shape index (κ3) is 44.2. The van der Waals surface area contributed by atoms with Crippen LogP contribution >= 0.6 is 7.82 Å². The molecule has 0 aliphatic carbocycles. The van der Waals surface area contributed by atoms with E-state index >= 15 is 0 Å². The summed E-state index contributed by atoms with van der Waals surface area (Å²) < 4.78 is 33.5. The number of rotatable bonds is 46. The minimum Gasteiger partial charge on any atom is -0.457 e. The number of carbonyl (C=O) groups is 1. The Morgan fingerprint density at radius 3 is 1.33 bits per heavy atom. The lowest BCUT2D eigenvalue weighted by molar-refractivity contribution is -0.154. The fourth-order valence-electron chi connectivity index (χ4n) is 6.93. The number of nitrogens with two attached hydrogens (primary N) is 1. The van der Waals surface area contributed by atoms with E-state index in [9.17, 15) is 14.3 Å². The van der Waals surface area contributed by atoms with Crippen molar-refractivity contribution in [1.29, 1.82) is 0 Å². The maximum Gasteiger partial charge on any atom is 0.472 e. The highest BCUT2D eigenvalue weighted by molar-refractivity contribution is 7.47. The first kappa shape index (κ1) is 54.2. The molecule has 0 aromatic rings. The van der Waals surface area contributed by atoms with E-state index in [2.05, 4.69) is 26.0 Å². The van der Waals surface area contributed by atoms with E-state index in [-0.39, 0.29) is 32.3 Å². The zero-order chi connectivity index (χ0) is 40.2. The first-order valence-corrected chi connectivity index (χ1v) is 25.2. The summed E-state index contributed by atoms with van der Waals surface area (Å²) in [6.45, 7) is 4.97. The van der Waals surface area contributed by atoms with Gasteiger partial charge in [0.05, 0.1) is 19.8 Å². The monoisotopic (exact) mass is 802 g/mol. The molecule has 3 N–H and O–H groups in total. The van der Waals surface area contributed by atoms with Gasteiger partial charge in [-0.25, -0.2) is 4.57 Å². The largest absolute Gasteiger partial charge is 0.472 e. The second-order valence-corrected chi connectivity index (χ2v) is 17.4. The summed E-state index contributed by atoms with van der Waals surface area (Å²) in [6.07, 6.45) is 48.0. The van der Waals surface area contributed by atoms with Crippen LogP contribution in [0.5, 0.6) is 0 Å². The van der Waals surface area contributed by atoms with Gasteiger partial charge in [0.25, 0.3) is 0 Å². The second-order valence-electron chi connectivity index (χ2n) is 16.0. The van der Waals surface area contributed by atoms with E-state index in [1.165, 1.54) is 186 Å². The number of phosphoric ester groups is 1. The Morgan fingerprint density at radius 1 is 0.527 bits per heavy atom. The molecule has 0 aromatic heterocycles. The SMILES string of the molecule is CCCCCCCC/C=C\CCCCCCCCCCCC(=O)OC(COCCCCCCCCCCCCCCCCCCC)COP(=O)(O)OCCN. The highest BCUT2D eigenvalue weighted by atomic mass is 31.2. The van der Waals surface area contributed by atoms with Gasteiger partial charge in [-0.2, -0.15) is 0 Å². The van der Waals surface area contributed by atoms with Crippen molar-refractivity contribution in [3.05, 3.63) is 12.2 Å². The Kier molecular flexibility index (Phi) is 43.7. The molecule has 0 saturated heterocycles. The van der Waals surface area contributed by atoms with E-state index in [1.54, 1.807) is 0 Å².